The van der Waals surface area contributed by atoms with Crippen LogP contribution in [0.2, 0.25) is 0 Å². The molecule has 3 amide bonds. The van der Waals surface area contributed by atoms with E-state index < -0.39 is 6.03 Å². The van der Waals surface area contributed by atoms with Crippen LogP contribution in [0, 0.1) is 0 Å². The lowest BCUT2D eigenvalue weighted by Crippen LogP contribution is -2.41. The first-order valence-electron chi connectivity index (χ1n) is 9.13. The summed E-state index contributed by atoms with van der Waals surface area (Å²) in [6.45, 7) is 12.3. The minimum absolute atomic E-state index is 0.244. The van der Waals surface area contributed by atoms with Crippen molar-refractivity contribution in [3.8, 4) is 5.75 Å². The van der Waals surface area contributed by atoms with E-state index in [1.165, 1.54) is 25.9 Å². The van der Waals surface area contributed by atoms with Gasteiger partial charge in [-0.25, -0.2) is 14.8 Å². The smallest absolute Gasteiger partial charge is 0.351 e. The minimum atomic E-state index is -0.500. The van der Waals surface area contributed by atoms with Crippen molar-refractivity contribution in [1.29, 1.82) is 0 Å². The van der Waals surface area contributed by atoms with E-state index in [1.807, 2.05) is 53.7 Å². The molecule has 0 atom stereocenters. The Morgan fingerprint density at radius 1 is 1.18 bits per heavy atom. The van der Waals surface area contributed by atoms with Gasteiger partial charge in [0.05, 0.1) is 17.9 Å². The third-order valence-corrected chi connectivity index (χ3v) is 5.62. The predicted octanol–water partition coefficient (Wildman–Crippen LogP) is 4.47. The van der Waals surface area contributed by atoms with Crippen LogP contribution in [0.3, 0.4) is 0 Å². The fourth-order valence-electron chi connectivity index (χ4n) is 2.92. The van der Waals surface area contributed by atoms with Gasteiger partial charge in [-0.15, -0.1) is 0 Å². The lowest BCUT2D eigenvalue weighted by atomic mass is 9.78. The normalized spacial score (nSPS) is 16.8. The Morgan fingerprint density at radius 3 is 2.11 bits per heavy atom. The second-order valence-electron chi connectivity index (χ2n) is 8.94. The highest BCUT2D eigenvalue weighted by Crippen LogP contribution is 2.41. The standard InChI is InChI=1S/C21H30N2O4S/c1-20(2,3)14-9-13(10-15(17(14)24)21(4,5)6)11-16-18(25)23(12-28-16)19(26)22(7)27-8/h9-11,24H,12H2,1-8H3/b16-11-. The van der Waals surface area contributed by atoms with Gasteiger partial charge >= 0.3 is 6.03 Å². The first kappa shape index (κ1) is 22.3. The molecule has 6 nitrogen and oxygen atoms in total. The molecule has 2 rings (SSSR count). The molecule has 0 radical (unpaired) electrons. The molecule has 28 heavy (non-hydrogen) atoms. The van der Waals surface area contributed by atoms with Crippen LogP contribution >= 0.6 is 11.8 Å². The van der Waals surface area contributed by atoms with E-state index >= 15 is 0 Å². The van der Waals surface area contributed by atoms with Crippen molar-refractivity contribution in [3.63, 3.8) is 0 Å². The number of hydrogen-bond donors (Lipinski definition) is 1. The Hall–Kier alpha value is -1.99. The van der Waals surface area contributed by atoms with Crippen molar-refractivity contribution in [2.75, 3.05) is 20.0 Å². The number of rotatable bonds is 2. The molecule has 1 fully saturated rings. The second-order valence-corrected chi connectivity index (χ2v) is 9.93. The van der Waals surface area contributed by atoms with Crippen LogP contribution in [0.5, 0.6) is 5.75 Å². The van der Waals surface area contributed by atoms with Gasteiger partial charge in [0, 0.05) is 18.2 Å². The maximum atomic E-state index is 12.7. The maximum Gasteiger partial charge on any atom is 0.351 e. The van der Waals surface area contributed by atoms with E-state index in [0.29, 0.717) is 10.7 Å². The number of amides is 3. The van der Waals surface area contributed by atoms with E-state index in [1.54, 1.807) is 6.08 Å². The number of thioether (sulfide) groups is 1. The van der Waals surface area contributed by atoms with E-state index in [0.717, 1.165) is 26.7 Å². The second kappa shape index (κ2) is 7.79. The van der Waals surface area contributed by atoms with Crippen LogP contribution in [0.4, 0.5) is 4.79 Å². The SMILES string of the molecule is CON(C)C(=O)N1CS/C(=C\c2cc(C(C)(C)C)c(O)c(C(C)(C)C)c2)C1=O. The summed E-state index contributed by atoms with van der Waals surface area (Å²) < 4.78 is 0. The molecule has 1 aliphatic heterocycles. The van der Waals surface area contributed by atoms with Crippen molar-refractivity contribution < 1.29 is 19.5 Å². The molecule has 0 saturated carbocycles. The predicted molar refractivity (Wildman–Crippen MR) is 113 cm³/mol. The van der Waals surface area contributed by atoms with Crippen molar-refractivity contribution in [2.45, 2.75) is 52.4 Å². The first-order chi connectivity index (χ1) is 12.8. The van der Waals surface area contributed by atoms with Gasteiger partial charge in [0.2, 0.25) is 0 Å². The Morgan fingerprint density at radius 2 is 1.68 bits per heavy atom. The fraction of sp³-hybridized carbons (Fsp3) is 0.524. The quantitative estimate of drug-likeness (QED) is 0.579. The molecular weight excluding hydrogens is 376 g/mol. The first-order valence-corrected chi connectivity index (χ1v) is 10.1. The third kappa shape index (κ3) is 4.52. The van der Waals surface area contributed by atoms with Gasteiger partial charge in [0.1, 0.15) is 5.75 Å². The van der Waals surface area contributed by atoms with Gasteiger partial charge in [0.15, 0.2) is 0 Å². The van der Waals surface area contributed by atoms with Crippen LogP contribution in [0.25, 0.3) is 6.08 Å². The van der Waals surface area contributed by atoms with E-state index in [4.69, 9.17) is 4.84 Å². The van der Waals surface area contributed by atoms with Gasteiger partial charge in [-0.2, -0.15) is 0 Å². The summed E-state index contributed by atoms with van der Waals surface area (Å²) in [5, 5.41) is 11.9. The number of imide groups is 1. The van der Waals surface area contributed by atoms with Crippen LogP contribution in [-0.2, 0) is 20.5 Å². The van der Waals surface area contributed by atoms with Gasteiger partial charge < -0.3 is 5.11 Å². The van der Waals surface area contributed by atoms with Gasteiger partial charge in [0.25, 0.3) is 5.91 Å². The molecule has 1 heterocycles. The minimum Gasteiger partial charge on any atom is -0.507 e. The zero-order valence-corrected chi connectivity index (χ0v) is 18.7. The Kier molecular flexibility index (Phi) is 6.21. The highest BCUT2D eigenvalue weighted by Gasteiger charge is 2.34. The van der Waals surface area contributed by atoms with Crippen LogP contribution in [0.15, 0.2) is 17.0 Å². The zero-order chi connectivity index (χ0) is 21.4. The van der Waals surface area contributed by atoms with Crippen molar-refractivity contribution in [3.05, 3.63) is 33.7 Å². The van der Waals surface area contributed by atoms with Crippen LogP contribution < -0.4 is 0 Å². The number of benzene rings is 1. The van der Waals surface area contributed by atoms with Gasteiger partial charge in [-0.1, -0.05) is 53.3 Å². The molecule has 0 spiro atoms. The number of carbonyl (C=O) groups is 2. The number of nitrogens with zero attached hydrogens (tertiary/aromatic N) is 2. The number of carbonyl (C=O) groups excluding carboxylic acids is 2. The summed E-state index contributed by atoms with van der Waals surface area (Å²) >= 11 is 1.31. The van der Waals surface area contributed by atoms with E-state index in [9.17, 15) is 14.7 Å². The zero-order valence-electron chi connectivity index (χ0n) is 17.9. The molecule has 1 N–H and O–H groups in total. The van der Waals surface area contributed by atoms with Crippen molar-refractivity contribution in [2.24, 2.45) is 0 Å². The summed E-state index contributed by atoms with van der Waals surface area (Å²) in [7, 11) is 2.84. The van der Waals surface area contributed by atoms with E-state index in [2.05, 4.69) is 0 Å². The summed E-state index contributed by atoms with van der Waals surface area (Å²) in [4.78, 5) is 31.4. The molecule has 1 saturated heterocycles. The third-order valence-electron chi connectivity index (χ3n) is 4.63. The largest absolute Gasteiger partial charge is 0.507 e. The van der Waals surface area contributed by atoms with Gasteiger partial charge in [-0.3, -0.25) is 9.63 Å². The van der Waals surface area contributed by atoms with Crippen LogP contribution in [0.1, 0.15) is 58.2 Å². The molecule has 154 valence electrons. The highest BCUT2D eigenvalue weighted by atomic mass is 32.2. The molecule has 0 aliphatic carbocycles. The van der Waals surface area contributed by atoms with Crippen molar-refractivity contribution in [1.82, 2.24) is 9.96 Å². The lowest BCUT2D eigenvalue weighted by molar-refractivity contribution is -0.126. The number of phenolic OH excluding ortho intramolecular Hbond substituents is 1. The number of hydrogen-bond acceptors (Lipinski definition) is 5. The summed E-state index contributed by atoms with van der Waals surface area (Å²) in [5.41, 5.74) is 1.98. The molecule has 1 aliphatic rings. The molecule has 1 aromatic carbocycles. The van der Waals surface area contributed by atoms with Crippen LogP contribution in [-0.4, -0.2) is 47.0 Å². The summed E-state index contributed by atoms with van der Waals surface area (Å²) in [6, 6.07) is 3.33. The monoisotopic (exact) mass is 406 g/mol. The summed E-state index contributed by atoms with van der Waals surface area (Å²) in [5.74, 6) is 0.195. The molecule has 0 unspecified atom stereocenters. The molecule has 7 heteroatoms. The fourth-order valence-corrected chi connectivity index (χ4v) is 3.86. The number of aromatic hydroxyl groups is 1. The van der Waals surface area contributed by atoms with Crippen molar-refractivity contribution >= 4 is 29.8 Å². The Labute approximate surface area is 171 Å². The average Bonchev–Trinajstić information content (AvgIpc) is 2.93. The molecular formula is C21H30N2O4S. The molecule has 0 bridgehead atoms. The lowest BCUT2D eigenvalue weighted by Gasteiger charge is -2.28. The number of urea groups is 1. The van der Waals surface area contributed by atoms with Gasteiger partial charge in [-0.05, 0) is 34.6 Å². The topological polar surface area (TPSA) is 70.1 Å². The molecule has 1 aromatic rings. The molecule has 0 aromatic heterocycles. The summed E-state index contributed by atoms with van der Waals surface area (Å²) in [6.07, 6.45) is 1.79. The Bertz CT molecular complexity index is 784. The van der Waals surface area contributed by atoms with E-state index in [-0.39, 0.29) is 22.6 Å². The number of hydroxylamine groups is 2. The number of phenols is 1. The Balaban J connectivity index is 2.49. The maximum absolute atomic E-state index is 12.7. The highest BCUT2D eigenvalue weighted by molar-refractivity contribution is 8.04. The average molecular weight is 407 g/mol.